The number of benzene rings is 2. The molecular weight excluding hydrogens is 268 g/mol. The smallest absolute Gasteiger partial charge is 0.387 e. The van der Waals surface area contributed by atoms with Crippen molar-refractivity contribution < 1.29 is 23.4 Å². The number of halogens is 2. The lowest BCUT2D eigenvalue weighted by molar-refractivity contribution is -0.0493. The van der Waals surface area contributed by atoms with Crippen molar-refractivity contribution in [2.45, 2.75) is 6.61 Å². The molecular formula is C14H11F2NO3. The number of hydrogen-bond donors (Lipinski definition) is 2. The fourth-order valence-electron chi connectivity index (χ4n) is 1.61. The lowest BCUT2D eigenvalue weighted by Gasteiger charge is -2.11. The molecule has 0 fully saturated rings. The van der Waals surface area contributed by atoms with Crippen molar-refractivity contribution in [2.75, 3.05) is 5.32 Å². The third kappa shape index (κ3) is 3.44. The van der Waals surface area contributed by atoms with Crippen LogP contribution in [-0.4, -0.2) is 17.6 Å². The quantitative estimate of drug-likeness (QED) is 0.903. The number of anilines is 1. The van der Waals surface area contributed by atoms with Gasteiger partial charge in [-0.05, 0) is 30.3 Å². The summed E-state index contributed by atoms with van der Waals surface area (Å²) >= 11 is 0. The second-order valence-corrected chi connectivity index (χ2v) is 3.88. The fraction of sp³-hybridized carbons (Fsp3) is 0.0714. The van der Waals surface area contributed by atoms with Gasteiger partial charge in [-0.25, -0.2) is 0 Å². The van der Waals surface area contributed by atoms with Gasteiger partial charge >= 0.3 is 6.61 Å². The minimum atomic E-state index is -2.98. The highest BCUT2D eigenvalue weighted by Crippen LogP contribution is 2.26. The van der Waals surface area contributed by atoms with Gasteiger partial charge in [0.1, 0.15) is 11.5 Å². The third-order valence-electron chi connectivity index (χ3n) is 2.46. The molecule has 2 N–H and O–H groups in total. The van der Waals surface area contributed by atoms with Crippen LogP contribution in [0.1, 0.15) is 10.4 Å². The first-order chi connectivity index (χ1) is 9.56. The summed E-state index contributed by atoms with van der Waals surface area (Å²) < 4.78 is 28.8. The molecule has 0 aliphatic rings. The zero-order valence-corrected chi connectivity index (χ0v) is 10.2. The van der Waals surface area contributed by atoms with Gasteiger partial charge in [-0.3, -0.25) is 4.79 Å². The van der Waals surface area contributed by atoms with Gasteiger partial charge in [0.15, 0.2) is 0 Å². The maximum Gasteiger partial charge on any atom is 0.387 e. The third-order valence-corrected chi connectivity index (χ3v) is 2.46. The average Bonchev–Trinajstić information content (AvgIpc) is 2.40. The molecule has 4 nitrogen and oxygen atoms in total. The van der Waals surface area contributed by atoms with Crippen LogP contribution in [0.4, 0.5) is 14.5 Å². The Balaban J connectivity index is 2.19. The molecule has 0 aliphatic heterocycles. The Hall–Kier alpha value is -2.63. The number of nitrogens with one attached hydrogen (secondary N) is 1. The van der Waals surface area contributed by atoms with Crippen LogP contribution in [0, 0.1) is 0 Å². The Labute approximate surface area is 113 Å². The van der Waals surface area contributed by atoms with Crippen LogP contribution < -0.4 is 10.1 Å². The molecule has 0 saturated heterocycles. The van der Waals surface area contributed by atoms with E-state index in [1.807, 2.05) is 0 Å². The van der Waals surface area contributed by atoms with Gasteiger partial charge in [-0.1, -0.05) is 18.2 Å². The van der Waals surface area contributed by atoms with Crippen LogP contribution in [0.5, 0.6) is 11.5 Å². The monoisotopic (exact) mass is 279 g/mol. The van der Waals surface area contributed by atoms with E-state index in [9.17, 15) is 18.7 Å². The van der Waals surface area contributed by atoms with Gasteiger partial charge in [0, 0.05) is 5.56 Å². The van der Waals surface area contributed by atoms with Crippen LogP contribution in [-0.2, 0) is 0 Å². The molecule has 0 bridgehead atoms. The molecule has 0 aromatic heterocycles. The number of carbonyl (C=O) groups excluding carboxylic acids is 1. The summed E-state index contributed by atoms with van der Waals surface area (Å²) in [5.41, 5.74) is 0.331. The zero-order chi connectivity index (χ0) is 14.5. The first-order valence-electron chi connectivity index (χ1n) is 5.70. The van der Waals surface area contributed by atoms with Gasteiger partial charge in [-0.2, -0.15) is 8.78 Å². The number of alkyl halides is 2. The summed E-state index contributed by atoms with van der Waals surface area (Å²) in [6.07, 6.45) is 0. The molecule has 2 aromatic rings. The van der Waals surface area contributed by atoms with Crippen LogP contribution in [0.15, 0.2) is 48.5 Å². The largest absolute Gasteiger partial charge is 0.508 e. The van der Waals surface area contributed by atoms with E-state index in [-0.39, 0.29) is 22.7 Å². The maximum atomic E-state index is 12.2. The molecule has 2 rings (SSSR count). The Bertz CT molecular complexity index is 617. The number of rotatable bonds is 4. The van der Waals surface area contributed by atoms with Crippen molar-refractivity contribution in [3.63, 3.8) is 0 Å². The Morgan fingerprint density at radius 2 is 1.90 bits per heavy atom. The molecule has 104 valence electrons. The Morgan fingerprint density at radius 3 is 2.60 bits per heavy atom. The summed E-state index contributed by atoms with van der Waals surface area (Å²) in [7, 11) is 0. The number of phenols is 1. The van der Waals surface area contributed by atoms with E-state index in [0.717, 1.165) is 0 Å². The van der Waals surface area contributed by atoms with Gasteiger partial charge in [-0.15, -0.1) is 0 Å². The molecule has 6 heteroatoms. The highest BCUT2D eigenvalue weighted by molar-refractivity contribution is 6.05. The Kier molecular flexibility index (Phi) is 4.14. The van der Waals surface area contributed by atoms with Crippen molar-refractivity contribution in [1.82, 2.24) is 0 Å². The van der Waals surface area contributed by atoms with E-state index < -0.39 is 12.5 Å². The van der Waals surface area contributed by atoms with Crippen LogP contribution >= 0.6 is 0 Å². The number of amides is 1. The normalized spacial score (nSPS) is 10.3. The van der Waals surface area contributed by atoms with Crippen molar-refractivity contribution in [3.8, 4) is 11.5 Å². The molecule has 0 heterocycles. The Morgan fingerprint density at radius 1 is 1.15 bits per heavy atom. The minimum absolute atomic E-state index is 0.0604. The number of phenolic OH excluding ortho intramolecular Hbond substituents is 1. The van der Waals surface area contributed by atoms with Crippen molar-refractivity contribution >= 4 is 11.6 Å². The molecule has 20 heavy (non-hydrogen) atoms. The number of hydrogen-bond acceptors (Lipinski definition) is 3. The average molecular weight is 279 g/mol. The lowest BCUT2D eigenvalue weighted by atomic mass is 10.2. The van der Waals surface area contributed by atoms with Gasteiger partial charge < -0.3 is 15.2 Å². The van der Waals surface area contributed by atoms with Crippen LogP contribution in [0.3, 0.4) is 0 Å². The summed E-state index contributed by atoms with van der Waals surface area (Å²) in [6.45, 7) is -2.98. The molecule has 0 radical (unpaired) electrons. The summed E-state index contributed by atoms with van der Waals surface area (Å²) in [5.74, 6) is -0.725. The fourth-order valence-corrected chi connectivity index (χ4v) is 1.61. The van der Waals surface area contributed by atoms with Crippen molar-refractivity contribution in [1.29, 1.82) is 0 Å². The number of ether oxygens (including phenoxy) is 1. The minimum Gasteiger partial charge on any atom is -0.508 e. The van der Waals surface area contributed by atoms with E-state index in [1.165, 1.54) is 42.5 Å². The predicted molar refractivity (Wildman–Crippen MR) is 69.1 cm³/mol. The van der Waals surface area contributed by atoms with Crippen molar-refractivity contribution in [3.05, 3.63) is 54.1 Å². The van der Waals surface area contributed by atoms with Gasteiger partial charge in [0.2, 0.25) is 0 Å². The second kappa shape index (κ2) is 6.01. The van der Waals surface area contributed by atoms with E-state index >= 15 is 0 Å². The second-order valence-electron chi connectivity index (χ2n) is 3.88. The first kappa shape index (κ1) is 13.8. The molecule has 2 aromatic carbocycles. The van der Waals surface area contributed by atoms with Gasteiger partial charge in [0.25, 0.3) is 5.91 Å². The molecule has 1 amide bonds. The van der Waals surface area contributed by atoms with E-state index in [1.54, 1.807) is 6.07 Å². The lowest BCUT2D eigenvalue weighted by Crippen LogP contribution is -2.13. The van der Waals surface area contributed by atoms with E-state index in [0.29, 0.717) is 0 Å². The molecule has 0 spiro atoms. The maximum absolute atomic E-state index is 12.2. The van der Waals surface area contributed by atoms with Gasteiger partial charge in [0.05, 0.1) is 5.69 Å². The topological polar surface area (TPSA) is 58.6 Å². The zero-order valence-electron chi connectivity index (χ0n) is 10.2. The SMILES string of the molecule is O=C(Nc1ccccc1OC(F)F)c1cccc(O)c1. The number of para-hydroxylation sites is 2. The highest BCUT2D eigenvalue weighted by atomic mass is 19.3. The van der Waals surface area contributed by atoms with E-state index in [2.05, 4.69) is 10.1 Å². The van der Waals surface area contributed by atoms with Crippen LogP contribution in [0.2, 0.25) is 0 Å². The highest BCUT2D eigenvalue weighted by Gasteiger charge is 2.12. The first-order valence-corrected chi connectivity index (χ1v) is 5.70. The van der Waals surface area contributed by atoms with Crippen LogP contribution in [0.25, 0.3) is 0 Å². The standard InChI is InChI=1S/C14H11F2NO3/c15-14(16)20-12-7-2-1-6-11(12)17-13(19)9-4-3-5-10(18)8-9/h1-8,14,18H,(H,17,19). The predicted octanol–water partition coefficient (Wildman–Crippen LogP) is 3.25. The molecule has 0 atom stereocenters. The molecule has 0 saturated carbocycles. The summed E-state index contributed by atoms with van der Waals surface area (Å²) in [4.78, 5) is 11.9. The number of aromatic hydroxyl groups is 1. The van der Waals surface area contributed by atoms with E-state index in [4.69, 9.17) is 0 Å². The summed E-state index contributed by atoms with van der Waals surface area (Å²) in [5, 5.41) is 11.7. The van der Waals surface area contributed by atoms with Crippen molar-refractivity contribution in [2.24, 2.45) is 0 Å². The number of carbonyl (C=O) groups is 1. The molecule has 0 aliphatic carbocycles. The summed E-state index contributed by atoms with van der Waals surface area (Å²) in [6, 6.07) is 11.6. The molecule has 0 unspecified atom stereocenters.